The van der Waals surface area contributed by atoms with Crippen molar-refractivity contribution in [2.75, 3.05) is 0 Å². The molecule has 3 aromatic carbocycles. The van der Waals surface area contributed by atoms with Crippen LogP contribution in [0, 0.1) is 5.92 Å². The summed E-state index contributed by atoms with van der Waals surface area (Å²) >= 11 is 0. The van der Waals surface area contributed by atoms with Gasteiger partial charge in [0.1, 0.15) is 13.2 Å². The smallest absolute Gasteiger partial charge is 0.306 e. The van der Waals surface area contributed by atoms with Crippen LogP contribution in [0.15, 0.2) is 78.9 Å². The van der Waals surface area contributed by atoms with Crippen LogP contribution >= 0.6 is 0 Å². The van der Waals surface area contributed by atoms with E-state index in [2.05, 4.69) is 0 Å². The Morgan fingerprint density at radius 1 is 0.821 bits per heavy atom. The minimum absolute atomic E-state index is 0.377. The van der Waals surface area contributed by atoms with Gasteiger partial charge in [0, 0.05) is 0 Å². The van der Waals surface area contributed by atoms with E-state index in [4.69, 9.17) is 9.47 Å². The van der Waals surface area contributed by atoms with E-state index in [0.29, 0.717) is 31.1 Å². The largest absolute Gasteiger partial charge is 0.485 e. The Balaban J connectivity index is 1.82. The first-order valence-electron chi connectivity index (χ1n) is 9.31. The van der Waals surface area contributed by atoms with Gasteiger partial charge in [-0.2, -0.15) is 0 Å². The number of carbonyl (C=O) groups is 1. The average Bonchev–Trinajstić information content (AvgIpc) is 2.73. The second kappa shape index (κ2) is 9.60. The van der Waals surface area contributed by atoms with Crippen molar-refractivity contribution in [3.8, 4) is 11.5 Å². The molecule has 0 aromatic heterocycles. The van der Waals surface area contributed by atoms with E-state index in [-0.39, 0.29) is 0 Å². The highest BCUT2D eigenvalue weighted by Crippen LogP contribution is 2.34. The predicted molar refractivity (Wildman–Crippen MR) is 108 cm³/mol. The summed E-state index contributed by atoms with van der Waals surface area (Å²) in [6.07, 6.45) is 0.377. The minimum Gasteiger partial charge on any atom is -0.485 e. The molecule has 4 heteroatoms. The minimum atomic E-state index is -0.829. The van der Waals surface area contributed by atoms with Gasteiger partial charge in [0.2, 0.25) is 0 Å². The van der Waals surface area contributed by atoms with Gasteiger partial charge in [0.15, 0.2) is 11.5 Å². The molecule has 0 spiro atoms. The molecule has 144 valence electrons. The molecule has 0 aliphatic heterocycles. The molecule has 1 unspecified atom stereocenters. The monoisotopic (exact) mass is 376 g/mol. The van der Waals surface area contributed by atoms with Gasteiger partial charge in [0.05, 0.1) is 5.92 Å². The zero-order valence-electron chi connectivity index (χ0n) is 15.9. The van der Waals surface area contributed by atoms with E-state index in [1.54, 1.807) is 6.92 Å². The topological polar surface area (TPSA) is 55.8 Å². The molecule has 0 saturated carbocycles. The van der Waals surface area contributed by atoms with Crippen molar-refractivity contribution in [2.24, 2.45) is 5.92 Å². The average molecular weight is 376 g/mol. The lowest BCUT2D eigenvalue weighted by atomic mass is 10.00. The molecule has 1 atom stereocenters. The van der Waals surface area contributed by atoms with Gasteiger partial charge in [-0.05, 0) is 29.2 Å². The standard InChI is InChI=1S/C24H24O4/c1-18(24(25)26)15-21-13-8-14-22(27-16-19-9-4-2-5-10-19)23(21)28-17-20-11-6-3-7-12-20/h2-14,18H,15-17H2,1H3,(H,25,26). The summed E-state index contributed by atoms with van der Waals surface area (Å²) < 4.78 is 12.1. The maximum Gasteiger partial charge on any atom is 0.306 e. The Bertz CT molecular complexity index is 891. The zero-order chi connectivity index (χ0) is 19.8. The lowest BCUT2D eigenvalue weighted by molar-refractivity contribution is -0.141. The van der Waals surface area contributed by atoms with Crippen LogP contribution in [0.2, 0.25) is 0 Å². The van der Waals surface area contributed by atoms with Crippen molar-refractivity contribution in [3.63, 3.8) is 0 Å². The molecular weight excluding hydrogens is 352 g/mol. The number of benzene rings is 3. The van der Waals surface area contributed by atoms with Crippen molar-refractivity contribution in [1.82, 2.24) is 0 Å². The third kappa shape index (κ3) is 5.36. The van der Waals surface area contributed by atoms with E-state index in [1.807, 2.05) is 78.9 Å². The number of aliphatic carboxylic acids is 1. The first kappa shape index (κ1) is 19.5. The zero-order valence-corrected chi connectivity index (χ0v) is 15.9. The number of hydrogen-bond acceptors (Lipinski definition) is 3. The molecule has 4 nitrogen and oxygen atoms in total. The quantitative estimate of drug-likeness (QED) is 0.564. The van der Waals surface area contributed by atoms with Crippen molar-refractivity contribution >= 4 is 5.97 Å². The van der Waals surface area contributed by atoms with Gasteiger partial charge in [0.25, 0.3) is 0 Å². The van der Waals surface area contributed by atoms with Gasteiger partial charge in [-0.1, -0.05) is 79.7 Å². The van der Waals surface area contributed by atoms with Crippen molar-refractivity contribution in [3.05, 3.63) is 95.6 Å². The normalized spacial score (nSPS) is 11.6. The van der Waals surface area contributed by atoms with E-state index >= 15 is 0 Å². The van der Waals surface area contributed by atoms with Crippen molar-refractivity contribution in [2.45, 2.75) is 26.6 Å². The maximum atomic E-state index is 11.3. The lowest BCUT2D eigenvalue weighted by Gasteiger charge is -2.18. The molecule has 0 aliphatic carbocycles. The fourth-order valence-electron chi connectivity index (χ4n) is 2.88. The van der Waals surface area contributed by atoms with Crippen LogP contribution in [0.5, 0.6) is 11.5 Å². The molecular formula is C24H24O4. The summed E-state index contributed by atoms with van der Waals surface area (Å²) in [7, 11) is 0. The van der Waals surface area contributed by atoms with Gasteiger partial charge < -0.3 is 14.6 Å². The SMILES string of the molecule is CC(Cc1cccc(OCc2ccccc2)c1OCc1ccccc1)C(=O)O. The van der Waals surface area contributed by atoms with Crippen LogP contribution in [0.4, 0.5) is 0 Å². The maximum absolute atomic E-state index is 11.3. The highest BCUT2D eigenvalue weighted by Gasteiger charge is 2.18. The summed E-state index contributed by atoms with van der Waals surface area (Å²) in [5.41, 5.74) is 2.93. The number of hydrogen-bond donors (Lipinski definition) is 1. The Kier molecular flexibility index (Phi) is 6.68. The summed E-state index contributed by atoms with van der Waals surface area (Å²) in [5, 5.41) is 9.29. The Morgan fingerprint density at radius 2 is 1.39 bits per heavy atom. The van der Waals surface area contributed by atoms with Gasteiger partial charge in [-0.15, -0.1) is 0 Å². The fourth-order valence-corrected chi connectivity index (χ4v) is 2.88. The van der Waals surface area contributed by atoms with Gasteiger partial charge in [-0.3, -0.25) is 4.79 Å². The van der Waals surface area contributed by atoms with Crippen LogP contribution in [0.25, 0.3) is 0 Å². The molecule has 1 N–H and O–H groups in total. The number of rotatable bonds is 9. The summed E-state index contributed by atoms with van der Waals surface area (Å²) in [6, 6.07) is 25.4. The molecule has 0 radical (unpaired) electrons. The van der Waals surface area contributed by atoms with E-state index in [9.17, 15) is 9.90 Å². The Morgan fingerprint density at radius 3 is 1.96 bits per heavy atom. The molecule has 0 amide bonds. The van der Waals surface area contributed by atoms with Gasteiger partial charge >= 0.3 is 5.97 Å². The summed E-state index contributed by atoms with van der Waals surface area (Å²) in [4.78, 5) is 11.3. The Hall–Kier alpha value is -3.27. The summed E-state index contributed by atoms with van der Waals surface area (Å²) in [5.74, 6) is -0.113. The molecule has 0 aliphatic rings. The van der Waals surface area contributed by atoms with Crippen LogP contribution in [0.1, 0.15) is 23.6 Å². The molecule has 0 saturated heterocycles. The highest BCUT2D eigenvalue weighted by atomic mass is 16.5. The number of ether oxygens (including phenoxy) is 2. The molecule has 0 bridgehead atoms. The molecule has 0 fully saturated rings. The number of carboxylic acids is 1. The van der Waals surface area contributed by atoms with Gasteiger partial charge in [-0.25, -0.2) is 0 Å². The first-order chi connectivity index (χ1) is 13.6. The predicted octanol–water partition coefficient (Wildman–Crippen LogP) is 5.11. The van der Waals surface area contributed by atoms with E-state index in [1.165, 1.54) is 0 Å². The molecule has 3 rings (SSSR count). The van der Waals surface area contributed by atoms with Crippen molar-refractivity contribution in [1.29, 1.82) is 0 Å². The first-order valence-corrected chi connectivity index (χ1v) is 9.31. The number of carboxylic acid groups (broad SMARTS) is 1. The Labute approximate surface area is 165 Å². The lowest BCUT2D eigenvalue weighted by Crippen LogP contribution is -2.13. The highest BCUT2D eigenvalue weighted by molar-refractivity contribution is 5.70. The van der Waals surface area contributed by atoms with E-state index < -0.39 is 11.9 Å². The second-order valence-corrected chi connectivity index (χ2v) is 6.74. The van der Waals surface area contributed by atoms with Crippen molar-refractivity contribution < 1.29 is 19.4 Å². The third-order valence-electron chi connectivity index (χ3n) is 4.47. The third-order valence-corrected chi connectivity index (χ3v) is 4.47. The summed E-state index contributed by atoms with van der Waals surface area (Å²) in [6.45, 7) is 2.50. The van der Waals surface area contributed by atoms with Crippen LogP contribution in [-0.2, 0) is 24.4 Å². The second-order valence-electron chi connectivity index (χ2n) is 6.74. The van der Waals surface area contributed by atoms with Crippen LogP contribution < -0.4 is 9.47 Å². The van der Waals surface area contributed by atoms with Crippen LogP contribution in [0.3, 0.4) is 0 Å². The molecule has 3 aromatic rings. The number of para-hydroxylation sites is 1. The van der Waals surface area contributed by atoms with E-state index in [0.717, 1.165) is 16.7 Å². The molecule has 0 heterocycles. The fraction of sp³-hybridized carbons (Fsp3) is 0.208. The van der Waals surface area contributed by atoms with Crippen LogP contribution in [-0.4, -0.2) is 11.1 Å². The molecule has 28 heavy (non-hydrogen) atoms.